The lowest BCUT2D eigenvalue weighted by Gasteiger charge is -2.16. The summed E-state index contributed by atoms with van der Waals surface area (Å²) in [5.74, 6) is -0.152. The first-order valence-corrected chi connectivity index (χ1v) is 8.92. The van der Waals surface area contributed by atoms with Crippen LogP contribution in [0.2, 0.25) is 10.0 Å². The molecular weight excluding hydrogens is 391 g/mol. The summed E-state index contributed by atoms with van der Waals surface area (Å²) < 4.78 is 10.9. The third kappa shape index (κ3) is 6.34. The Kier molecular flexibility index (Phi) is 7.33. The van der Waals surface area contributed by atoms with Gasteiger partial charge in [0.2, 0.25) is 0 Å². The molecule has 2 aromatic rings. The van der Waals surface area contributed by atoms with Crippen LogP contribution in [-0.4, -0.2) is 24.5 Å². The largest absolute Gasteiger partial charge is 0.484 e. The van der Waals surface area contributed by atoms with Crippen molar-refractivity contribution in [3.8, 4) is 11.5 Å². The van der Waals surface area contributed by atoms with E-state index in [1.807, 2.05) is 26.0 Å². The summed E-state index contributed by atoms with van der Waals surface area (Å²) in [4.78, 5) is 23.8. The van der Waals surface area contributed by atoms with E-state index in [0.29, 0.717) is 16.5 Å². The highest BCUT2D eigenvalue weighted by Crippen LogP contribution is 2.28. The lowest BCUT2D eigenvalue weighted by atomic mass is 10.1. The Hall–Kier alpha value is -2.44. The Morgan fingerprint density at radius 2 is 1.78 bits per heavy atom. The van der Waals surface area contributed by atoms with Crippen molar-refractivity contribution in [3.63, 3.8) is 0 Å². The van der Waals surface area contributed by atoms with Crippen molar-refractivity contribution in [2.75, 3.05) is 6.61 Å². The molecule has 0 saturated carbocycles. The van der Waals surface area contributed by atoms with Crippen molar-refractivity contribution in [1.82, 2.24) is 10.9 Å². The quantitative estimate of drug-likeness (QED) is 0.713. The van der Waals surface area contributed by atoms with Gasteiger partial charge in [0.25, 0.3) is 11.8 Å². The van der Waals surface area contributed by atoms with Crippen molar-refractivity contribution < 1.29 is 19.1 Å². The molecular formula is C19H20Cl2N2O4. The van der Waals surface area contributed by atoms with Gasteiger partial charge in [0.1, 0.15) is 11.5 Å². The van der Waals surface area contributed by atoms with Crippen molar-refractivity contribution in [1.29, 1.82) is 0 Å². The molecule has 2 amide bonds. The molecule has 2 N–H and O–H groups in total. The number of carbonyl (C=O) groups excluding carboxylic acids is 2. The van der Waals surface area contributed by atoms with Crippen molar-refractivity contribution in [2.45, 2.75) is 26.9 Å². The third-order valence-corrected chi connectivity index (χ3v) is 4.27. The van der Waals surface area contributed by atoms with E-state index in [1.54, 1.807) is 18.2 Å². The van der Waals surface area contributed by atoms with Crippen LogP contribution in [0.4, 0.5) is 0 Å². The second-order valence-corrected chi connectivity index (χ2v) is 6.75. The molecule has 0 radical (unpaired) electrons. The Bertz CT molecular complexity index is 842. The molecule has 2 aromatic carbocycles. The SMILES string of the molecule is Cc1ccc(OCC(=O)NNC(=O)C(C)Oc2ccc(Cl)cc2Cl)cc1C. The van der Waals surface area contributed by atoms with Crippen molar-refractivity contribution in [2.24, 2.45) is 0 Å². The Morgan fingerprint density at radius 3 is 2.44 bits per heavy atom. The number of hydrazine groups is 1. The average molecular weight is 411 g/mol. The zero-order chi connectivity index (χ0) is 20.0. The van der Waals surface area contributed by atoms with Gasteiger partial charge in [-0.3, -0.25) is 20.4 Å². The zero-order valence-electron chi connectivity index (χ0n) is 15.1. The molecule has 144 valence electrons. The molecule has 1 atom stereocenters. The molecule has 0 aromatic heterocycles. The van der Waals surface area contributed by atoms with E-state index < -0.39 is 17.9 Å². The van der Waals surface area contributed by atoms with E-state index in [0.717, 1.165) is 11.1 Å². The highest BCUT2D eigenvalue weighted by Gasteiger charge is 2.17. The van der Waals surface area contributed by atoms with Crippen LogP contribution in [0, 0.1) is 13.8 Å². The van der Waals surface area contributed by atoms with Gasteiger partial charge in [0, 0.05) is 5.02 Å². The fraction of sp³-hybridized carbons (Fsp3) is 0.263. The molecule has 27 heavy (non-hydrogen) atoms. The predicted molar refractivity (Wildman–Crippen MR) is 104 cm³/mol. The molecule has 0 fully saturated rings. The summed E-state index contributed by atoms with van der Waals surface area (Å²) in [7, 11) is 0. The molecule has 6 nitrogen and oxygen atoms in total. The highest BCUT2D eigenvalue weighted by atomic mass is 35.5. The number of halogens is 2. The maximum atomic E-state index is 12.0. The third-order valence-electron chi connectivity index (χ3n) is 3.74. The first kappa shape index (κ1) is 20.9. The molecule has 2 rings (SSSR count). The first-order valence-electron chi connectivity index (χ1n) is 8.16. The van der Waals surface area contributed by atoms with Gasteiger partial charge in [-0.1, -0.05) is 29.3 Å². The second-order valence-electron chi connectivity index (χ2n) is 5.91. The molecule has 0 aliphatic rings. The lowest BCUT2D eigenvalue weighted by Crippen LogP contribution is -2.48. The minimum absolute atomic E-state index is 0.235. The van der Waals surface area contributed by atoms with Crippen molar-refractivity contribution >= 4 is 35.0 Å². The Morgan fingerprint density at radius 1 is 1.04 bits per heavy atom. The number of amides is 2. The van der Waals surface area contributed by atoms with Gasteiger partial charge in [0.15, 0.2) is 12.7 Å². The van der Waals surface area contributed by atoms with E-state index in [4.69, 9.17) is 32.7 Å². The highest BCUT2D eigenvalue weighted by molar-refractivity contribution is 6.35. The van der Waals surface area contributed by atoms with Gasteiger partial charge in [-0.25, -0.2) is 0 Å². The average Bonchev–Trinajstić information content (AvgIpc) is 2.62. The normalized spacial score (nSPS) is 11.4. The molecule has 1 unspecified atom stereocenters. The van der Waals surface area contributed by atoms with Crippen LogP contribution in [0.1, 0.15) is 18.1 Å². The van der Waals surface area contributed by atoms with E-state index in [2.05, 4.69) is 10.9 Å². The van der Waals surface area contributed by atoms with Gasteiger partial charge in [-0.2, -0.15) is 0 Å². The minimum Gasteiger partial charge on any atom is -0.484 e. The number of nitrogens with one attached hydrogen (secondary N) is 2. The van der Waals surface area contributed by atoms with Crippen LogP contribution in [0.3, 0.4) is 0 Å². The number of carbonyl (C=O) groups is 2. The van der Waals surface area contributed by atoms with Gasteiger partial charge in [0.05, 0.1) is 5.02 Å². The standard InChI is InChI=1S/C19H20Cl2N2O4/c1-11-4-6-15(8-12(11)2)26-10-18(24)22-23-19(25)13(3)27-17-7-5-14(20)9-16(17)21/h4-9,13H,10H2,1-3H3,(H,22,24)(H,23,25). The van der Waals surface area contributed by atoms with Gasteiger partial charge >= 0.3 is 0 Å². The number of ether oxygens (including phenoxy) is 2. The molecule has 0 spiro atoms. The molecule has 0 heterocycles. The van der Waals surface area contributed by atoms with E-state index >= 15 is 0 Å². The fourth-order valence-corrected chi connectivity index (χ4v) is 2.49. The Labute approximate surface area is 167 Å². The molecule has 0 saturated heterocycles. The maximum Gasteiger partial charge on any atom is 0.279 e. The molecule has 0 aliphatic heterocycles. The van der Waals surface area contributed by atoms with E-state index in [9.17, 15) is 9.59 Å². The molecule has 0 aliphatic carbocycles. The summed E-state index contributed by atoms with van der Waals surface area (Å²) in [5, 5.41) is 0.744. The number of hydrogen-bond acceptors (Lipinski definition) is 4. The summed E-state index contributed by atoms with van der Waals surface area (Å²) in [6, 6.07) is 10.2. The minimum atomic E-state index is -0.885. The first-order chi connectivity index (χ1) is 12.8. The zero-order valence-corrected chi connectivity index (χ0v) is 16.6. The summed E-state index contributed by atoms with van der Waals surface area (Å²) in [6.07, 6.45) is -0.885. The van der Waals surface area contributed by atoms with Gasteiger partial charge in [-0.15, -0.1) is 0 Å². The molecule has 0 bridgehead atoms. The lowest BCUT2D eigenvalue weighted by molar-refractivity contribution is -0.133. The van der Waals surface area contributed by atoms with Crippen molar-refractivity contribution in [3.05, 3.63) is 57.6 Å². The topological polar surface area (TPSA) is 76.7 Å². The smallest absolute Gasteiger partial charge is 0.279 e. The number of hydrogen-bond donors (Lipinski definition) is 2. The van der Waals surface area contributed by atoms with Crippen LogP contribution in [0.15, 0.2) is 36.4 Å². The Balaban J connectivity index is 1.78. The van der Waals surface area contributed by atoms with E-state index in [-0.39, 0.29) is 11.6 Å². The van der Waals surface area contributed by atoms with Crippen LogP contribution in [0.5, 0.6) is 11.5 Å². The molecule has 8 heteroatoms. The summed E-state index contributed by atoms with van der Waals surface area (Å²) >= 11 is 11.8. The van der Waals surface area contributed by atoms with Crippen LogP contribution in [0.25, 0.3) is 0 Å². The van der Waals surface area contributed by atoms with Gasteiger partial charge < -0.3 is 9.47 Å². The fourth-order valence-electron chi connectivity index (χ4n) is 2.04. The summed E-state index contributed by atoms with van der Waals surface area (Å²) in [6.45, 7) is 5.23. The number of rotatable bonds is 6. The number of benzene rings is 2. The van der Waals surface area contributed by atoms with E-state index in [1.165, 1.54) is 13.0 Å². The van der Waals surface area contributed by atoms with Gasteiger partial charge in [-0.05, 0) is 62.2 Å². The predicted octanol–water partition coefficient (Wildman–Crippen LogP) is 3.60. The summed E-state index contributed by atoms with van der Waals surface area (Å²) in [5.41, 5.74) is 6.75. The second kappa shape index (κ2) is 9.48. The maximum absolute atomic E-state index is 12.0. The monoisotopic (exact) mass is 410 g/mol. The van der Waals surface area contributed by atoms with Crippen LogP contribution >= 0.6 is 23.2 Å². The number of aryl methyl sites for hydroxylation is 2. The van der Waals surface area contributed by atoms with Crippen LogP contribution in [-0.2, 0) is 9.59 Å². The van der Waals surface area contributed by atoms with Crippen LogP contribution < -0.4 is 20.3 Å².